The van der Waals surface area contributed by atoms with Crippen LogP contribution in [0.25, 0.3) is 0 Å². The van der Waals surface area contributed by atoms with Gasteiger partial charge in [-0.2, -0.15) is 4.31 Å². The SMILES string of the molecule is COc1ccc(NC(=O)C2CCN(Cc3cccc(Cl)c3)CC2)cc1S(=O)(=O)N1CCCCC1. The lowest BCUT2D eigenvalue weighted by Crippen LogP contribution is -2.38. The van der Waals surface area contributed by atoms with Crippen molar-refractivity contribution in [1.82, 2.24) is 9.21 Å². The normalized spacial score (nSPS) is 18.5. The molecular formula is C25H32ClN3O4S. The highest BCUT2D eigenvalue weighted by Gasteiger charge is 2.30. The number of nitrogens with one attached hydrogen (secondary N) is 1. The van der Waals surface area contributed by atoms with Gasteiger partial charge in [-0.3, -0.25) is 9.69 Å². The summed E-state index contributed by atoms with van der Waals surface area (Å²) in [5, 5.41) is 3.67. The van der Waals surface area contributed by atoms with E-state index in [9.17, 15) is 13.2 Å². The van der Waals surface area contributed by atoms with Gasteiger partial charge in [0, 0.05) is 36.3 Å². The van der Waals surface area contributed by atoms with Gasteiger partial charge in [-0.15, -0.1) is 0 Å². The van der Waals surface area contributed by atoms with Gasteiger partial charge in [0.1, 0.15) is 10.6 Å². The second-order valence-electron chi connectivity index (χ2n) is 9.00. The molecule has 2 aliphatic heterocycles. The molecule has 34 heavy (non-hydrogen) atoms. The number of likely N-dealkylation sites (tertiary alicyclic amines) is 1. The van der Waals surface area contributed by atoms with E-state index in [4.69, 9.17) is 16.3 Å². The van der Waals surface area contributed by atoms with Crippen molar-refractivity contribution in [2.24, 2.45) is 5.92 Å². The van der Waals surface area contributed by atoms with Crippen LogP contribution in [0.1, 0.15) is 37.7 Å². The summed E-state index contributed by atoms with van der Waals surface area (Å²) < 4.78 is 33.3. The Balaban J connectivity index is 1.39. The first-order valence-electron chi connectivity index (χ1n) is 11.8. The number of sulfonamides is 1. The van der Waals surface area contributed by atoms with Gasteiger partial charge in [0.15, 0.2) is 0 Å². The monoisotopic (exact) mass is 505 g/mol. The summed E-state index contributed by atoms with van der Waals surface area (Å²) in [4.78, 5) is 15.4. The highest BCUT2D eigenvalue weighted by Crippen LogP contribution is 2.31. The molecule has 2 aromatic carbocycles. The smallest absolute Gasteiger partial charge is 0.246 e. The number of carbonyl (C=O) groups excluding carboxylic acids is 1. The molecular weight excluding hydrogens is 474 g/mol. The van der Waals surface area contributed by atoms with Gasteiger partial charge in [-0.25, -0.2) is 8.42 Å². The number of piperidine rings is 2. The van der Waals surface area contributed by atoms with Crippen LogP contribution in [0.3, 0.4) is 0 Å². The van der Waals surface area contributed by atoms with Crippen LogP contribution in [0, 0.1) is 5.92 Å². The molecule has 2 saturated heterocycles. The van der Waals surface area contributed by atoms with Crippen LogP contribution in [0.4, 0.5) is 5.69 Å². The van der Waals surface area contributed by atoms with Crippen LogP contribution in [-0.4, -0.2) is 56.8 Å². The van der Waals surface area contributed by atoms with E-state index in [1.165, 1.54) is 17.5 Å². The molecule has 2 aliphatic rings. The van der Waals surface area contributed by atoms with Crippen LogP contribution in [0.15, 0.2) is 47.4 Å². The Morgan fingerprint density at radius 1 is 1.06 bits per heavy atom. The number of carbonyl (C=O) groups is 1. The van der Waals surface area contributed by atoms with Crippen molar-refractivity contribution in [3.63, 3.8) is 0 Å². The van der Waals surface area contributed by atoms with Crippen LogP contribution in [0.2, 0.25) is 5.02 Å². The molecule has 1 N–H and O–H groups in total. The largest absolute Gasteiger partial charge is 0.495 e. The number of hydrogen-bond donors (Lipinski definition) is 1. The van der Waals surface area contributed by atoms with Crippen LogP contribution >= 0.6 is 11.6 Å². The summed E-state index contributed by atoms with van der Waals surface area (Å²) in [7, 11) is -2.23. The average Bonchev–Trinajstić information content (AvgIpc) is 2.85. The van der Waals surface area contributed by atoms with E-state index in [-0.39, 0.29) is 22.5 Å². The molecule has 0 bridgehead atoms. The van der Waals surface area contributed by atoms with Crippen molar-refractivity contribution in [2.45, 2.75) is 43.5 Å². The number of ether oxygens (including phenoxy) is 1. The van der Waals surface area contributed by atoms with E-state index in [2.05, 4.69) is 16.3 Å². The highest BCUT2D eigenvalue weighted by atomic mass is 35.5. The summed E-state index contributed by atoms with van der Waals surface area (Å²) in [5.41, 5.74) is 1.64. The van der Waals surface area contributed by atoms with E-state index in [0.717, 1.165) is 62.3 Å². The molecule has 2 aromatic rings. The molecule has 0 radical (unpaired) electrons. The Hall–Kier alpha value is -2.13. The summed E-state index contributed by atoms with van der Waals surface area (Å²) in [6.45, 7) is 3.47. The van der Waals surface area contributed by atoms with E-state index in [1.807, 2.05) is 18.2 Å². The second kappa shape index (κ2) is 11.1. The first-order valence-corrected chi connectivity index (χ1v) is 13.6. The Kier molecular flexibility index (Phi) is 8.14. The lowest BCUT2D eigenvalue weighted by molar-refractivity contribution is -0.121. The first-order chi connectivity index (χ1) is 16.4. The topological polar surface area (TPSA) is 79.0 Å². The van der Waals surface area contributed by atoms with Crippen molar-refractivity contribution < 1.29 is 17.9 Å². The van der Waals surface area contributed by atoms with Gasteiger partial charge in [0.25, 0.3) is 0 Å². The van der Waals surface area contributed by atoms with Crippen molar-refractivity contribution >= 4 is 33.2 Å². The number of rotatable bonds is 7. The fraction of sp³-hybridized carbons (Fsp3) is 0.480. The number of halogens is 1. The average molecular weight is 506 g/mol. The fourth-order valence-electron chi connectivity index (χ4n) is 4.69. The molecule has 0 atom stereocenters. The summed E-state index contributed by atoms with van der Waals surface area (Å²) in [6, 6.07) is 12.7. The van der Waals surface area contributed by atoms with Crippen molar-refractivity contribution in [1.29, 1.82) is 0 Å². The molecule has 0 unspecified atom stereocenters. The zero-order valence-electron chi connectivity index (χ0n) is 19.5. The summed E-state index contributed by atoms with van der Waals surface area (Å²) in [6.07, 6.45) is 4.25. The number of anilines is 1. The zero-order valence-corrected chi connectivity index (χ0v) is 21.1. The van der Waals surface area contributed by atoms with Gasteiger partial charge in [0.05, 0.1) is 7.11 Å². The van der Waals surface area contributed by atoms with Gasteiger partial charge >= 0.3 is 0 Å². The Morgan fingerprint density at radius 2 is 1.79 bits per heavy atom. The Labute approximate surface area is 207 Å². The van der Waals surface area contributed by atoms with E-state index >= 15 is 0 Å². The minimum absolute atomic E-state index is 0.0751. The van der Waals surface area contributed by atoms with E-state index < -0.39 is 10.0 Å². The third kappa shape index (κ3) is 5.92. The lowest BCUT2D eigenvalue weighted by Gasteiger charge is -2.31. The van der Waals surface area contributed by atoms with Crippen LogP contribution < -0.4 is 10.1 Å². The standard InChI is InChI=1S/C25H32ClN3O4S/c1-33-23-9-8-22(17-24(23)34(31,32)29-12-3-2-4-13-29)27-25(30)20-10-14-28(15-11-20)18-19-6-5-7-21(26)16-19/h5-9,16-17,20H,2-4,10-15,18H2,1H3,(H,27,30). The molecule has 0 spiro atoms. The molecule has 0 aliphatic carbocycles. The van der Waals surface area contributed by atoms with Gasteiger partial charge in [-0.1, -0.05) is 30.2 Å². The molecule has 0 saturated carbocycles. The summed E-state index contributed by atoms with van der Waals surface area (Å²) >= 11 is 6.09. The second-order valence-corrected chi connectivity index (χ2v) is 11.3. The Morgan fingerprint density at radius 3 is 2.47 bits per heavy atom. The number of amides is 1. The quantitative estimate of drug-likeness (QED) is 0.604. The molecule has 2 heterocycles. The maximum Gasteiger partial charge on any atom is 0.246 e. The molecule has 1 amide bonds. The molecule has 4 rings (SSSR count). The number of methoxy groups -OCH3 is 1. The summed E-state index contributed by atoms with van der Waals surface area (Å²) in [5.74, 6) is 0.103. The predicted octanol–water partition coefficient (Wildman–Crippen LogP) is 4.37. The molecule has 0 aromatic heterocycles. The third-order valence-corrected chi connectivity index (χ3v) is 8.77. The van der Waals surface area contributed by atoms with Crippen LogP contribution in [0.5, 0.6) is 5.75 Å². The van der Waals surface area contributed by atoms with Gasteiger partial charge < -0.3 is 10.1 Å². The zero-order chi connectivity index (χ0) is 24.1. The number of hydrogen-bond acceptors (Lipinski definition) is 5. The van der Waals surface area contributed by atoms with E-state index in [0.29, 0.717) is 18.8 Å². The van der Waals surface area contributed by atoms with Crippen molar-refractivity contribution in [2.75, 3.05) is 38.6 Å². The highest BCUT2D eigenvalue weighted by molar-refractivity contribution is 7.89. The van der Waals surface area contributed by atoms with Crippen molar-refractivity contribution in [3.05, 3.63) is 53.1 Å². The van der Waals surface area contributed by atoms with Crippen LogP contribution in [-0.2, 0) is 21.4 Å². The van der Waals surface area contributed by atoms with Gasteiger partial charge in [0.2, 0.25) is 15.9 Å². The molecule has 9 heteroatoms. The fourth-order valence-corrected chi connectivity index (χ4v) is 6.60. The van der Waals surface area contributed by atoms with E-state index in [1.54, 1.807) is 12.1 Å². The van der Waals surface area contributed by atoms with Crippen molar-refractivity contribution in [3.8, 4) is 5.75 Å². The maximum absolute atomic E-state index is 13.2. The minimum atomic E-state index is -3.69. The number of benzene rings is 2. The Bertz CT molecular complexity index is 1110. The van der Waals surface area contributed by atoms with Gasteiger partial charge in [-0.05, 0) is 74.7 Å². The molecule has 2 fully saturated rings. The number of nitrogens with zero attached hydrogens (tertiary/aromatic N) is 2. The molecule has 184 valence electrons. The third-order valence-electron chi connectivity index (χ3n) is 6.62. The maximum atomic E-state index is 13.2. The lowest BCUT2D eigenvalue weighted by atomic mass is 9.95. The minimum Gasteiger partial charge on any atom is -0.495 e. The predicted molar refractivity (Wildman–Crippen MR) is 134 cm³/mol. The molecule has 7 nitrogen and oxygen atoms in total. The first kappa shape index (κ1) is 25.0.